The molecule has 3 heteroatoms. The minimum absolute atomic E-state index is 0.461. The first-order chi connectivity index (χ1) is 9.08. The molecule has 0 saturated carbocycles. The molecule has 0 aromatic heterocycles. The number of halogens is 1. The third kappa shape index (κ3) is 3.95. The van der Waals surface area contributed by atoms with Crippen molar-refractivity contribution in [1.29, 1.82) is 0 Å². The van der Waals surface area contributed by atoms with E-state index in [9.17, 15) is 0 Å². The lowest BCUT2D eigenvalue weighted by Crippen LogP contribution is -2.46. The van der Waals surface area contributed by atoms with E-state index in [2.05, 4.69) is 42.8 Å². The van der Waals surface area contributed by atoms with Crippen molar-refractivity contribution in [2.24, 2.45) is 5.92 Å². The first-order valence-corrected chi connectivity index (χ1v) is 7.62. The molecule has 106 valence electrons. The van der Waals surface area contributed by atoms with Crippen LogP contribution in [0.3, 0.4) is 0 Å². The van der Waals surface area contributed by atoms with E-state index in [1.165, 1.54) is 12.0 Å². The third-order valence-corrected chi connectivity index (χ3v) is 4.28. The topological polar surface area (TPSA) is 6.48 Å². The molecule has 1 aliphatic rings. The fourth-order valence-corrected chi connectivity index (χ4v) is 3.06. The van der Waals surface area contributed by atoms with E-state index in [0.29, 0.717) is 12.0 Å². The normalized spacial score (nSPS) is 19.8. The van der Waals surface area contributed by atoms with Crippen molar-refractivity contribution in [3.05, 3.63) is 34.9 Å². The minimum atomic E-state index is 0.461. The number of benzene rings is 1. The van der Waals surface area contributed by atoms with Gasteiger partial charge in [0.25, 0.3) is 0 Å². The van der Waals surface area contributed by atoms with Crippen LogP contribution in [-0.2, 0) is 0 Å². The Kier molecular flexibility index (Phi) is 5.26. The molecule has 19 heavy (non-hydrogen) atoms. The van der Waals surface area contributed by atoms with Crippen LogP contribution >= 0.6 is 11.6 Å². The average molecular weight is 281 g/mol. The Balaban J connectivity index is 2.18. The van der Waals surface area contributed by atoms with Gasteiger partial charge >= 0.3 is 0 Å². The molecule has 0 aliphatic carbocycles. The van der Waals surface area contributed by atoms with Crippen molar-refractivity contribution in [1.82, 2.24) is 9.80 Å². The summed E-state index contributed by atoms with van der Waals surface area (Å²) in [4.78, 5) is 5.00. The second-order valence-electron chi connectivity index (χ2n) is 6.01. The summed E-state index contributed by atoms with van der Waals surface area (Å²) in [5.74, 6) is 0.681. The second-order valence-corrected chi connectivity index (χ2v) is 6.41. The van der Waals surface area contributed by atoms with Gasteiger partial charge in [0, 0.05) is 37.2 Å². The first-order valence-electron chi connectivity index (χ1n) is 7.25. The molecule has 1 saturated heterocycles. The molecule has 0 spiro atoms. The van der Waals surface area contributed by atoms with Gasteiger partial charge in [0.15, 0.2) is 0 Å². The Labute approximate surface area is 122 Å². The minimum Gasteiger partial charge on any atom is -0.304 e. The Morgan fingerprint density at radius 3 is 2.32 bits per heavy atom. The lowest BCUT2D eigenvalue weighted by molar-refractivity contribution is 0.100. The molecule has 1 aliphatic heterocycles. The van der Waals surface area contributed by atoms with Gasteiger partial charge in [0.05, 0.1) is 0 Å². The van der Waals surface area contributed by atoms with Crippen LogP contribution in [0.5, 0.6) is 0 Å². The summed E-state index contributed by atoms with van der Waals surface area (Å²) in [7, 11) is 2.20. The lowest BCUT2D eigenvalue weighted by Gasteiger charge is -2.39. The van der Waals surface area contributed by atoms with E-state index >= 15 is 0 Å². The monoisotopic (exact) mass is 280 g/mol. The smallest absolute Gasteiger partial charge is 0.0453 e. The standard InChI is InChI=1S/C16H25ClN2/c1-13(2)12-16(14-6-4-5-7-15(14)17)19-10-8-18(3)9-11-19/h4-7,13,16H,8-12H2,1-3H3. The van der Waals surface area contributed by atoms with Gasteiger partial charge in [-0.1, -0.05) is 43.6 Å². The zero-order chi connectivity index (χ0) is 13.8. The maximum Gasteiger partial charge on any atom is 0.0453 e. The number of rotatable bonds is 4. The molecular formula is C16H25ClN2. The summed E-state index contributed by atoms with van der Waals surface area (Å²) in [5.41, 5.74) is 1.29. The van der Waals surface area contributed by atoms with Crippen LogP contribution in [-0.4, -0.2) is 43.0 Å². The third-order valence-electron chi connectivity index (χ3n) is 3.94. The first kappa shape index (κ1) is 14.8. The van der Waals surface area contributed by atoms with E-state index in [1.807, 2.05) is 12.1 Å². The molecular weight excluding hydrogens is 256 g/mol. The van der Waals surface area contributed by atoms with Crippen LogP contribution in [0.1, 0.15) is 31.9 Å². The zero-order valence-corrected chi connectivity index (χ0v) is 13.0. The molecule has 1 unspecified atom stereocenters. The van der Waals surface area contributed by atoms with Crippen molar-refractivity contribution >= 4 is 11.6 Å². The van der Waals surface area contributed by atoms with Gasteiger partial charge in [0.1, 0.15) is 0 Å². The molecule has 1 heterocycles. The van der Waals surface area contributed by atoms with Crippen LogP contribution in [0.2, 0.25) is 5.02 Å². The van der Waals surface area contributed by atoms with E-state index in [0.717, 1.165) is 31.2 Å². The van der Waals surface area contributed by atoms with Crippen molar-refractivity contribution in [2.45, 2.75) is 26.3 Å². The van der Waals surface area contributed by atoms with E-state index < -0.39 is 0 Å². The Morgan fingerprint density at radius 1 is 1.11 bits per heavy atom. The van der Waals surface area contributed by atoms with Crippen LogP contribution in [0.15, 0.2) is 24.3 Å². The molecule has 0 N–H and O–H groups in total. The van der Waals surface area contributed by atoms with Crippen molar-refractivity contribution in [2.75, 3.05) is 33.2 Å². The van der Waals surface area contributed by atoms with Crippen LogP contribution in [0.4, 0.5) is 0 Å². The summed E-state index contributed by atoms with van der Waals surface area (Å²) in [6, 6.07) is 8.78. The van der Waals surface area contributed by atoms with Gasteiger partial charge in [-0.2, -0.15) is 0 Å². The number of hydrogen-bond donors (Lipinski definition) is 0. The summed E-state index contributed by atoms with van der Waals surface area (Å²) in [6.07, 6.45) is 1.17. The Hall–Kier alpha value is -0.570. The van der Waals surface area contributed by atoms with Crippen molar-refractivity contribution in [3.63, 3.8) is 0 Å². The zero-order valence-electron chi connectivity index (χ0n) is 12.3. The summed E-state index contributed by atoms with van der Waals surface area (Å²) in [6.45, 7) is 9.16. The van der Waals surface area contributed by atoms with Gasteiger partial charge in [-0.3, -0.25) is 4.90 Å². The molecule has 0 amide bonds. The highest BCUT2D eigenvalue weighted by atomic mass is 35.5. The highest BCUT2D eigenvalue weighted by Gasteiger charge is 2.25. The van der Waals surface area contributed by atoms with Crippen molar-refractivity contribution in [3.8, 4) is 0 Å². The fourth-order valence-electron chi connectivity index (χ4n) is 2.80. The second kappa shape index (κ2) is 6.74. The lowest BCUT2D eigenvalue weighted by atomic mass is 9.95. The van der Waals surface area contributed by atoms with Crippen LogP contribution in [0, 0.1) is 5.92 Å². The predicted molar refractivity (Wildman–Crippen MR) is 82.7 cm³/mol. The summed E-state index contributed by atoms with van der Waals surface area (Å²) < 4.78 is 0. The molecule has 1 aromatic rings. The average Bonchev–Trinajstić information content (AvgIpc) is 2.38. The highest BCUT2D eigenvalue weighted by molar-refractivity contribution is 6.31. The predicted octanol–water partition coefficient (Wildman–Crippen LogP) is 3.67. The maximum absolute atomic E-state index is 6.41. The number of likely N-dealkylation sites (N-methyl/N-ethyl adjacent to an activating group) is 1. The summed E-state index contributed by atoms with van der Waals surface area (Å²) >= 11 is 6.41. The number of piperazine rings is 1. The van der Waals surface area contributed by atoms with Gasteiger partial charge in [-0.25, -0.2) is 0 Å². The Bertz CT molecular complexity index is 397. The molecule has 1 atom stereocenters. The molecule has 1 fully saturated rings. The van der Waals surface area contributed by atoms with Gasteiger partial charge < -0.3 is 4.90 Å². The van der Waals surface area contributed by atoms with Gasteiger partial charge in [-0.05, 0) is 31.0 Å². The van der Waals surface area contributed by atoms with E-state index in [-0.39, 0.29) is 0 Å². The maximum atomic E-state index is 6.41. The fraction of sp³-hybridized carbons (Fsp3) is 0.625. The number of nitrogens with zero attached hydrogens (tertiary/aromatic N) is 2. The van der Waals surface area contributed by atoms with Gasteiger partial charge in [0.2, 0.25) is 0 Å². The van der Waals surface area contributed by atoms with E-state index in [1.54, 1.807) is 0 Å². The molecule has 0 bridgehead atoms. The molecule has 2 rings (SSSR count). The Morgan fingerprint density at radius 2 is 1.74 bits per heavy atom. The highest BCUT2D eigenvalue weighted by Crippen LogP contribution is 2.33. The van der Waals surface area contributed by atoms with Crippen LogP contribution in [0.25, 0.3) is 0 Å². The summed E-state index contributed by atoms with van der Waals surface area (Å²) in [5, 5.41) is 0.909. The SMILES string of the molecule is CC(C)CC(c1ccccc1Cl)N1CCN(C)CC1. The quantitative estimate of drug-likeness (QED) is 0.830. The molecule has 2 nitrogen and oxygen atoms in total. The van der Waals surface area contributed by atoms with Crippen molar-refractivity contribution < 1.29 is 0 Å². The van der Waals surface area contributed by atoms with Crippen LogP contribution < -0.4 is 0 Å². The van der Waals surface area contributed by atoms with E-state index in [4.69, 9.17) is 11.6 Å². The van der Waals surface area contributed by atoms with Gasteiger partial charge in [-0.15, -0.1) is 0 Å². The molecule has 1 aromatic carbocycles. The molecule has 0 radical (unpaired) electrons. The number of hydrogen-bond acceptors (Lipinski definition) is 2. The largest absolute Gasteiger partial charge is 0.304 e.